The normalized spacial score (nSPS) is 12.2. The third-order valence-electron chi connectivity index (χ3n) is 2.85. The standard InChI is InChI=1S/C13H17Cl2NO2/c1-2-9(5-6-17)8-16-13(18)10-3-4-11(14)12(15)7-10/h3-4,7,9,17H,2,5-6,8H2,1H3,(H,16,18). The average Bonchev–Trinajstić information content (AvgIpc) is 2.37. The van der Waals surface area contributed by atoms with Crippen LogP contribution in [0.5, 0.6) is 0 Å². The fourth-order valence-electron chi connectivity index (χ4n) is 1.61. The molecule has 100 valence electrons. The topological polar surface area (TPSA) is 49.3 Å². The van der Waals surface area contributed by atoms with E-state index in [4.69, 9.17) is 28.3 Å². The summed E-state index contributed by atoms with van der Waals surface area (Å²) in [6.45, 7) is 2.73. The SMILES string of the molecule is CCC(CCO)CNC(=O)c1ccc(Cl)c(Cl)c1. The number of rotatable bonds is 6. The molecule has 1 rings (SSSR count). The minimum absolute atomic E-state index is 0.140. The third-order valence-corrected chi connectivity index (χ3v) is 3.59. The molecule has 1 atom stereocenters. The van der Waals surface area contributed by atoms with Crippen LogP contribution in [-0.4, -0.2) is 24.2 Å². The number of hydrogen-bond donors (Lipinski definition) is 2. The quantitative estimate of drug-likeness (QED) is 0.845. The van der Waals surface area contributed by atoms with Crippen LogP contribution in [0.1, 0.15) is 30.1 Å². The zero-order chi connectivity index (χ0) is 13.5. The number of aliphatic hydroxyl groups excluding tert-OH is 1. The van der Waals surface area contributed by atoms with E-state index in [1.807, 2.05) is 6.92 Å². The number of hydrogen-bond acceptors (Lipinski definition) is 2. The lowest BCUT2D eigenvalue weighted by atomic mass is 10.0. The Hall–Kier alpha value is -0.770. The largest absolute Gasteiger partial charge is 0.396 e. The molecular formula is C13H17Cl2NO2. The fourth-order valence-corrected chi connectivity index (χ4v) is 1.91. The van der Waals surface area contributed by atoms with Gasteiger partial charge in [-0.05, 0) is 30.5 Å². The number of benzene rings is 1. The van der Waals surface area contributed by atoms with Gasteiger partial charge in [0.25, 0.3) is 5.91 Å². The molecule has 0 aliphatic heterocycles. The lowest BCUT2D eigenvalue weighted by molar-refractivity contribution is 0.0943. The zero-order valence-electron chi connectivity index (χ0n) is 10.2. The molecule has 2 N–H and O–H groups in total. The van der Waals surface area contributed by atoms with Crippen molar-refractivity contribution >= 4 is 29.1 Å². The number of aliphatic hydroxyl groups is 1. The van der Waals surface area contributed by atoms with E-state index in [0.717, 1.165) is 6.42 Å². The van der Waals surface area contributed by atoms with Gasteiger partial charge in [0.2, 0.25) is 0 Å². The first-order valence-corrected chi connectivity index (χ1v) is 6.68. The highest BCUT2D eigenvalue weighted by molar-refractivity contribution is 6.42. The number of carbonyl (C=O) groups is 1. The first kappa shape index (κ1) is 15.3. The second kappa shape index (κ2) is 7.62. The Morgan fingerprint density at radius 2 is 2.11 bits per heavy atom. The lowest BCUT2D eigenvalue weighted by Gasteiger charge is -2.14. The minimum atomic E-state index is -0.176. The number of amides is 1. The second-order valence-corrected chi connectivity index (χ2v) is 4.94. The van der Waals surface area contributed by atoms with Gasteiger partial charge in [-0.15, -0.1) is 0 Å². The van der Waals surface area contributed by atoms with Crippen molar-refractivity contribution in [3.63, 3.8) is 0 Å². The van der Waals surface area contributed by atoms with E-state index < -0.39 is 0 Å². The van der Waals surface area contributed by atoms with Crippen LogP contribution in [0.2, 0.25) is 10.0 Å². The van der Waals surface area contributed by atoms with Gasteiger partial charge < -0.3 is 10.4 Å². The van der Waals surface area contributed by atoms with Gasteiger partial charge in [-0.3, -0.25) is 4.79 Å². The van der Waals surface area contributed by atoms with Crippen molar-refractivity contribution < 1.29 is 9.90 Å². The van der Waals surface area contributed by atoms with Gasteiger partial charge in [-0.1, -0.05) is 36.5 Å². The number of halogens is 2. The summed E-state index contributed by atoms with van der Waals surface area (Å²) < 4.78 is 0. The molecule has 0 heterocycles. The molecular weight excluding hydrogens is 273 g/mol. The average molecular weight is 290 g/mol. The Kier molecular flexibility index (Phi) is 6.47. The molecule has 1 amide bonds. The molecule has 3 nitrogen and oxygen atoms in total. The summed E-state index contributed by atoms with van der Waals surface area (Å²) in [4.78, 5) is 11.9. The molecule has 1 aromatic rings. The van der Waals surface area contributed by atoms with E-state index in [9.17, 15) is 4.79 Å². The molecule has 0 aromatic heterocycles. The van der Waals surface area contributed by atoms with Crippen LogP contribution < -0.4 is 5.32 Å². The molecule has 18 heavy (non-hydrogen) atoms. The highest BCUT2D eigenvalue weighted by Crippen LogP contribution is 2.22. The van der Waals surface area contributed by atoms with Gasteiger partial charge >= 0.3 is 0 Å². The summed E-state index contributed by atoms with van der Waals surface area (Å²) in [6.07, 6.45) is 1.61. The van der Waals surface area contributed by atoms with Crippen molar-refractivity contribution in [3.8, 4) is 0 Å². The summed E-state index contributed by atoms with van der Waals surface area (Å²) in [5.41, 5.74) is 0.489. The van der Waals surface area contributed by atoms with Gasteiger partial charge in [0.15, 0.2) is 0 Å². The maximum atomic E-state index is 11.9. The Morgan fingerprint density at radius 1 is 1.39 bits per heavy atom. The van der Waals surface area contributed by atoms with Crippen molar-refractivity contribution in [1.82, 2.24) is 5.32 Å². The molecule has 0 saturated heterocycles. The van der Waals surface area contributed by atoms with E-state index >= 15 is 0 Å². The van der Waals surface area contributed by atoms with E-state index in [1.54, 1.807) is 18.2 Å². The smallest absolute Gasteiger partial charge is 0.251 e. The van der Waals surface area contributed by atoms with Crippen LogP contribution in [-0.2, 0) is 0 Å². The third kappa shape index (κ3) is 4.48. The van der Waals surface area contributed by atoms with Crippen molar-refractivity contribution in [2.24, 2.45) is 5.92 Å². The van der Waals surface area contributed by atoms with Crippen LogP contribution in [0.4, 0.5) is 0 Å². The predicted molar refractivity (Wildman–Crippen MR) is 74.3 cm³/mol. The molecule has 0 spiro atoms. The van der Waals surface area contributed by atoms with E-state index in [1.165, 1.54) is 0 Å². The van der Waals surface area contributed by atoms with Gasteiger partial charge in [-0.25, -0.2) is 0 Å². The maximum absolute atomic E-state index is 11.9. The monoisotopic (exact) mass is 289 g/mol. The first-order valence-electron chi connectivity index (χ1n) is 5.92. The predicted octanol–water partition coefficient (Wildman–Crippen LogP) is 3.13. The summed E-state index contributed by atoms with van der Waals surface area (Å²) in [6, 6.07) is 4.78. The highest BCUT2D eigenvalue weighted by atomic mass is 35.5. The Bertz CT molecular complexity index is 410. The van der Waals surface area contributed by atoms with Crippen LogP contribution in [0.25, 0.3) is 0 Å². The fraction of sp³-hybridized carbons (Fsp3) is 0.462. The van der Waals surface area contributed by atoms with Crippen LogP contribution in [0.15, 0.2) is 18.2 Å². The second-order valence-electron chi connectivity index (χ2n) is 4.13. The Morgan fingerprint density at radius 3 is 2.67 bits per heavy atom. The van der Waals surface area contributed by atoms with E-state index in [2.05, 4.69) is 5.32 Å². The molecule has 0 saturated carbocycles. The van der Waals surface area contributed by atoms with Crippen molar-refractivity contribution in [2.75, 3.05) is 13.2 Å². The van der Waals surface area contributed by atoms with Crippen molar-refractivity contribution in [3.05, 3.63) is 33.8 Å². The Balaban J connectivity index is 2.57. The van der Waals surface area contributed by atoms with E-state index in [0.29, 0.717) is 34.5 Å². The summed E-state index contributed by atoms with van der Waals surface area (Å²) in [7, 11) is 0. The van der Waals surface area contributed by atoms with Crippen LogP contribution in [0.3, 0.4) is 0 Å². The van der Waals surface area contributed by atoms with Crippen molar-refractivity contribution in [2.45, 2.75) is 19.8 Å². The number of nitrogens with one attached hydrogen (secondary N) is 1. The molecule has 0 radical (unpaired) electrons. The molecule has 5 heteroatoms. The van der Waals surface area contributed by atoms with E-state index in [-0.39, 0.29) is 12.5 Å². The van der Waals surface area contributed by atoms with Gasteiger partial charge in [0, 0.05) is 18.7 Å². The zero-order valence-corrected chi connectivity index (χ0v) is 11.8. The number of carbonyl (C=O) groups excluding carboxylic acids is 1. The van der Waals surface area contributed by atoms with Gasteiger partial charge in [0.05, 0.1) is 10.0 Å². The molecule has 0 aliphatic carbocycles. The molecule has 1 aromatic carbocycles. The highest BCUT2D eigenvalue weighted by Gasteiger charge is 2.11. The summed E-state index contributed by atoms with van der Waals surface area (Å²) in [5.74, 6) is 0.117. The Labute approximate surface area is 117 Å². The van der Waals surface area contributed by atoms with Gasteiger partial charge in [-0.2, -0.15) is 0 Å². The molecule has 0 bridgehead atoms. The van der Waals surface area contributed by atoms with Gasteiger partial charge in [0.1, 0.15) is 0 Å². The van der Waals surface area contributed by atoms with Crippen molar-refractivity contribution in [1.29, 1.82) is 0 Å². The lowest BCUT2D eigenvalue weighted by Crippen LogP contribution is -2.29. The first-order chi connectivity index (χ1) is 8.58. The maximum Gasteiger partial charge on any atom is 0.251 e. The summed E-state index contributed by atoms with van der Waals surface area (Å²) in [5, 5.41) is 12.5. The summed E-state index contributed by atoms with van der Waals surface area (Å²) >= 11 is 11.6. The molecule has 1 unspecified atom stereocenters. The molecule has 0 aliphatic rings. The molecule has 0 fully saturated rings. The minimum Gasteiger partial charge on any atom is -0.396 e. The van der Waals surface area contributed by atoms with Crippen LogP contribution >= 0.6 is 23.2 Å². The van der Waals surface area contributed by atoms with Crippen LogP contribution in [0, 0.1) is 5.92 Å².